The van der Waals surface area contributed by atoms with Crippen molar-refractivity contribution in [3.8, 4) is 5.75 Å². The molecular weight excluding hydrogens is 226 g/mol. The Morgan fingerprint density at radius 3 is 2.88 bits per heavy atom. The summed E-state index contributed by atoms with van der Waals surface area (Å²) in [4.78, 5) is 4.18. The monoisotopic (exact) mass is 243 g/mol. The number of aliphatic hydroxyl groups excluding tert-OH is 2. The van der Waals surface area contributed by atoms with E-state index in [9.17, 15) is 5.11 Å². The average Bonchev–Trinajstić information content (AvgIpc) is 2.26. The quantitative estimate of drug-likeness (QED) is 0.738. The van der Waals surface area contributed by atoms with Crippen molar-refractivity contribution in [2.75, 3.05) is 12.4 Å². The highest BCUT2D eigenvalue weighted by Crippen LogP contribution is 2.27. The van der Waals surface area contributed by atoms with E-state index in [1.807, 2.05) is 26.0 Å². The van der Waals surface area contributed by atoms with Crippen LogP contribution in [0.1, 0.15) is 13.8 Å². The van der Waals surface area contributed by atoms with Crippen LogP contribution >= 0.6 is 11.8 Å². The largest absolute Gasteiger partial charge is 0.488 e. The third-order valence-electron chi connectivity index (χ3n) is 1.72. The summed E-state index contributed by atoms with van der Waals surface area (Å²) in [5.74, 6) is 1.12. The number of thioether (sulfide) groups is 1. The van der Waals surface area contributed by atoms with Gasteiger partial charge in [-0.05, 0) is 26.0 Å². The summed E-state index contributed by atoms with van der Waals surface area (Å²) in [5, 5.41) is 18.7. The fourth-order valence-electron chi connectivity index (χ4n) is 1.06. The first-order valence-electron chi connectivity index (χ1n) is 5.17. The molecule has 0 saturated carbocycles. The van der Waals surface area contributed by atoms with E-state index < -0.39 is 6.10 Å². The van der Waals surface area contributed by atoms with Gasteiger partial charge in [-0.3, -0.25) is 0 Å². The Labute approximate surface area is 99.7 Å². The normalized spacial score (nSPS) is 12.8. The third-order valence-corrected chi connectivity index (χ3v) is 2.85. The molecule has 0 aliphatic rings. The molecule has 1 unspecified atom stereocenters. The van der Waals surface area contributed by atoms with Crippen molar-refractivity contribution < 1.29 is 14.9 Å². The van der Waals surface area contributed by atoms with Crippen molar-refractivity contribution in [2.45, 2.75) is 31.1 Å². The van der Waals surface area contributed by atoms with Gasteiger partial charge in [-0.2, -0.15) is 0 Å². The highest BCUT2D eigenvalue weighted by Gasteiger charge is 2.09. The number of aromatic nitrogens is 1. The van der Waals surface area contributed by atoms with Crippen molar-refractivity contribution in [3.05, 3.63) is 18.3 Å². The molecule has 0 aromatic carbocycles. The maximum atomic E-state index is 9.25. The number of hydrogen-bond donors (Lipinski definition) is 2. The van der Waals surface area contributed by atoms with E-state index in [0.717, 1.165) is 5.03 Å². The average molecular weight is 243 g/mol. The first kappa shape index (κ1) is 13.3. The van der Waals surface area contributed by atoms with Gasteiger partial charge in [-0.1, -0.05) is 11.8 Å². The number of aliphatic hydroxyl groups is 2. The second kappa shape index (κ2) is 6.73. The molecule has 0 fully saturated rings. The summed E-state index contributed by atoms with van der Waals surface area (Å²) in [6, 6.07) is 3.66. The second-order valence-electron chi connectivity index (χ2n) is 3.62. The number of rotatable bonds is 6. The van der Waals surface area contributed by atoms with Crippen molar-refractivity contribution in [1.29, 1.82) is 0 Å². The van der Waals surface area contributed by atoms with Gasteiger partial charge in [0, 0.05) is 11.9 Å². The molecule has 90 valence electrons. The summed E-state index contributed by atoms with van der Waals surface area (Å²) < 4.78 is 5.58. The third kappa shape index (κ3) is 4.38. The Kier molecular flexibility index (Phi) is 5.59. The number of hydrogen-bond acceptors (Lipinski definition) is 5. The summed E-state index contributed by atoms with van der Waals surface area (Å²) in [6.45, 7) is 3.66. The first-order chi connectivity index (χ1) is 7.63. The van der Waals surface area contributed by atoms with Gasteiger partial charge in [-0.15, -0.1) is 0 Å². The zero-order valence-electron chi connectivity index (χ0n) is 9.46. The molecular formula is C11H17NO3S. The molecule has 0 amide bonds. The molecule has 0 aliphatic heterocycles. The molecule has 1 aromatic heterocycles. The summed E-state index contributed by atoms with van der Waals surface area (Å²) in [6.07, 6.45) is 1.05. The minimum atomic E-state index is -0.723. The van der Waals surface area contributed by atoms with Crippen LogP contribution in [-0.2, 0) is 0 Å². The summed E-state index contributed by atoms with van der Waals surface area (Å²) in [5.41, 5.74) is 0. The van der Waals surface area contributed by atoms with Crippen molar-refractivity contribution in [1.82, 2.24) is 4.98 Å². The Hall–Kier alpha value is -0.780. The number of pyridine rings is 1. The maximum Gasteiger partial charge on any atom is 0.151 e. The summed E-state index contributed by atoms with van der Waals surface area (Å²) in [7, 11) is 0. The minimum Gasteiger partial charge on any atom is -0.488 e. The van der Waals surface area contributed by atoms with Gasteiger partial charge in [0.25, 0.3) is 0 Å². The van der Waals surface area contributed by atoms with E-state index in [2.05, 4.69) is 4.98 Å². The molecule has 1 heterocycles. The molecule has 2 N–H and O–H groups in total. The molecule has 4 nitrogen and oxygen atoms in total. The van der Waals surface area contributed by atoms with E-state index in [-0.39, 0.29) is 12.7 Å². The fraction of sp³-hybridized carbons (Fsp3) is 0.545. The van der Waals surface area contributed by atoms with Gasteiger partial charge in [0.15, 0.2) is 5.75 Å². The number of nitrogens with zero attached hydrogens (tertiary/aromatic N) is 1. The zero-order chi connectivity index (χ0) is 12.0. The van der Waals surface area contributed by atoms with Crippen LogP contribution in [0.5, 0.6) is 5.75 Å². The zero-order valence-corrected chi connectivity index (χ0v) is 10.3. The van der Waals surface area contributed by atoms with Crippen LogP contribution in [0.4, 0.5) is 0 Å². The molecule has 16 heavy (non-hydrogen) atoms. The van der Waals surface area contributed by atoms with Crippen LogP contribution in [0.2, 0.25) is 0 Å². The molecule has 0 radical (unpaired) electrons. The molecule has 5 heteroatoms. The molecule has 0 aliphatic carbocycles. The molecule has 0 spiro atoms. The standard InChI is InChI=1S/C11H17NO3S/c1-8(2)15-10-4-3-5-12-11(10)16-7-9(14)6-13/h3-5,8-9,13-14H,6-7H2,1-2H3. The van der Waals surface area contributed by atoms with Gasteiger partial charge in [-0.25, -0.2) is 4.98 Å². The van der Waals surface area contributed by atoms with E-state index >= 15 is 0 Å². The smallest absolute Gasteiger partial charge is 0.151 e. The Balaban J connectivity index is 2.63. The minimum absolute atomic E-state index is 0.0892. The van der Waals surface area contributed by atoms with Gasteiger partial charge >= 0.3 is 0 Å². The van der Waals surface area contributed by atoms with E-state index in [1.165, 1.54) is 11.8 Å². The van der Waals surface area contributed by atoms with Crippen LogP contribution in [0, 0.1) is 0 Å². The van der Waals surface area contributed by atoms with Crippen LogP contribution in [-0.4, -0.2) is 39.8 Å². The lowest BCUT2D eigenvalue weighted by molar-refractivity contribution is 0.113. The SMILES string of the molecule is CC(C)Oc1cccnc1SCC(O)CO. The molecule has 0 bridgehead atoms. The predicted octanol–water partition coefficient (Wildman–Crippen LogP) is 1.31. The topological polar surface area (TPSA) is 62.6 Å². The highest BCUT2D eigenvalue weighted by atomic mass is 32.2. The lowest BCUT2D eigenvalue weighted by atomic mass is 10.4. The van der Waals surface area contributed by atoms with Crippen LogP contribution in [0.25, 0.3) is 0 Å². The van der Waals surface area contributed by atoms with Crippen LogP contribution < -0.4 is 4.74 Å². The Bertz CT molecular complexity index is 320. The van der Waals surface area contributed by atoms with Crippen LogP contribution in [0.15, 0.2) is 23.4 Å². The van der Waals surface area contributed by atoms with Gasteiger partial charge < -0.3 is 14.9 Å². The van der Waals surface area contributed by atoms with E-state index in [4.69, 9.17) is 9.84 Å². The van der Waals surface area contributed by atoms with Gasteiger partial charge in [0.1, 0.15) is 5.03 Å². The van der Waals surface area contributed by atoms with Gasteiger partial charge in [0.05, 0.1) is 18.8 Å². The lowest BCUT2D eigenvalue weighted by Crippen LogP contribution is -2.15. The highest BCUT2D eigenvalue weighted by molar-refractivity contribution is 7.99. The van der Waals surface area contributed by atoms with Crippen molar-refractivity contribution in [3.63, 3.8) is 0 Å². The van der Waals surface area contributed by atoms with Crippen molar-refractivity contribution >= 4 is 11.8 Å². The number of ether oxygens (including phenoxy) is 1. The Morgan fingerprint density at radius 1 is 1.50 bits per heavy atom. The Morgan fingerprint density at radius 2 is 2.25 bits per heavy atom. The summed E-state index contributed by atoms with van der Waals surface area (Å²) >= 11 is 1.38. The molecule has 0 saturated heterocycles. The van der Waals surface area contributed by atoms with Gasteiger partial charge in [0.2, 0.25) is 0 Å². The molecule has 1 atom stereocenters. The van der Waals surface area contributed by atoms with E-state index in [0.29, 0.717) is 11.5 Å². The fourth-order valence-corrected chi connectivity index (χ4v) is 1.91. The van der Waals surface area contributed by atoms with E-state index in [1.54, 1.807) is 6.20 Å². The maximum absolute atomic E-state index is 9.25. The van der Waals surface area contributed by atoms with Crippen molar-refractivity contribution in [2.24, 2.45) is 0 Å². The predicted molar refractivity (Wildman–Crippen MR) is 63.8 cm³/mol. The van der Waals surface area contributed by atoms with Crippen LogP contribution in [0.3, 0.4) is 0 Å². The lowest BCUT2D eigenvalue weighted by Gasteiger charge is -2.13. The molecule has 1 aromatic rings. The molecule has 1 rings (SSSR count). The second-order valence-corrected chi connectivity index (χ2v) is 4.63. The first-order valence-corrected chi connectivity index (χ1v) is 6.15.